The van der Waals surface area contributed by atoms with Crippen LogP contribution in [0, 0.1) is 0 Å². The number of hydrogen-bond acceptors (Lipinski definition) is 3. The molecule has 1 unspecified atom stereocenters. The van der Waals surface area contributed by atoms with Crippen molar-refractivity contribution in [2.24, 2.45) is 0 Å². The molecule has 0 bridgehead atoms. The average molecular weight is 285 g/mol. The van der Waals surface area contributed by atoms with E-state index in [9.17, 15) is 9.59 Å². The number of nitrogens with one attached hydrogen (secondary N) is 1. The lowest BCUT2D eigenvalue weighted by Gasteiger charge is -2.12. The van der Waals surface area contributed by atoms with Crippen LogP contribution >= 0.6 is 15.9 Å². The van der Waals surface area contributed by atoms with E-state index in [1.54, 1.807) is 24.3 Å². The normalized spacial score (nSPS) is 20.1. The van der Waals surface area contributed by atoms with Crippen LogP contribution < -0.4 is 10.2 Å². The molecule has 1 saturated heterocycles. The van der Waals surface area contributed by atoms with Crippen molar-refractivity contribution in [1.82, 2.24) is 5.32 Å². The van der Waals surface area contributed by atoms with Gasteiger partial charge in [-0.15, -0.1) is 0 Å². The minimum atomic E-state index is -0.892. The lowest BCUT2D eigenvalue weighted by atomic mass is 10.3. The van der Waals surface area contributed by atoms with Crippen molar-refractivity contribution < 1.29 is 14.3 Å². The zero-order valence-corrected chi connectivity index (χ0v) is 10.0. The van der Waals surface area contributed by atoms with Crippen molar-refractivity contribution in [3.8, 4) is 0 Å². The number of imide groups is 1. The third-order valence-electron chi connectivity index (χ3n) is 2.22. The third-order valence-corrected chi connectivity index (χ3v) is 2.75. The molecule has 84 valence electrons. The minimum absolute atomic E-state index is 0.408. The predicted molar refractivity (Wildman–Crippen MR) is 61.0 cm³/mol. The number of ether oxygens (including phenoxy) is 1. The van der Waals surface area contributed by atoms with Crippen molar-refractivity contribution in [2.75, 3.05) is 12.0 Å². The van der Waals surface area contributed by atoms with Crippen LogP contribution in [0.15, 0.2) is 28.7 Å². The van der Waals surface area contributed by atoms with E-state index in [4.69, 9.17) is 4.74 Å². The molecule has 1 aromatic rings. The van der Waals surface area contributed by atoms with Crippen LogP contribution in [0.2, 0.25) is 0 Å². The van der Waals surface area contributed by atoms with Crippen LogP contribution in [0.5, 0.6) is 0 Å². The van der Waals surface area contributed by atoms with Crippen LogP contribution in [0.3, 0.4) is 0 Å². The second-order valence-corrected chi connectivity index (χ2v) is 4.13. The maximum atomic E-state index is 11.7. The zero-order chi connectivity index (χ0) is 11.7. The summed E-state index contributed by atoms with van der Waals surface area (Å²) in [4.78, 5) is 24.3. The molecule has 16 heavy (non-hydrogen) atoms. The highest BCUT2D eigenvalue weighted by Crippen LogP contribution is 2.21. The molecule has 1 heterocycles. The summed E-state index contributed by atoms with van der Waals surface area (Å²) in [5, 5.41) is 2.42. The van der Waals surface area contributed by atoms with Crippen molar-refractivity contribution in [2.45, 2.75) is 6.23 Å². The van der Waals surface area contributed by atoms with Gasteiger partial charge in [0.15, 0.2) is 0 Å². The molecule has 6 heteroatoms. The van der Waals surface area contributed by atoms with E-state index >= 15 is 0 Å². The van der Waals surface area contributed by atoms with Crippen molar-refractivity contribution in [3.63, 3.8) is 0 Å². The number of anilines is 1. The molecule has 1 aromatic carbocycles. The Labute approximate surface area is 100 Å². The van der Waals surface area contributed by atoms with E-state index < -0.39 is 18.2 Å². The Hall–Kier alpha value is -1.40. The first kappa shape index (κ1) is 11.1. The van der Waals surface area contributed by atoms with E-state index in [-0.39, 0.29) is 0 Å². The Morgan fingerprint density at radius 2 is 1.94 bits per heavy atom. The summed E-state index contributed by atoms with van der Waals surface area (Å²) in [6.07, 6.45) is -0.892. The Balaban J connectivity index is 2.31. The molecule has 0 aromatic heterocycles. The highest BCUT2D eigenvalue weighted by atomic mass is 79.9. The summed E-state index contributed by atoms with van der Waals surface area (Å²) < 4.78 is 5.72. The van der Waals surface area contributed by atoms with Crippen molar-refractivity contribution in [1.29, 1.82) is 0 Å². The largest absolute Gasteiger partial charge is 0.353 e. The molecule has 2 rings (SSSR count). The fraction of sp³-hybridized carbons (Fsp3) is 0.200. The maximum Gasteiger partial charge on any atom is 0.331 e. The van der Waals surface area contributed by atoms with E-state index in [1.807, 2.05) is 0 Å². The topological polar surface area (TPSA) is 58.6 Å². The third kappa shape index (κ3) is 1.81. The number of urea groups is 1. The van der Waals surface area contributed by atoms with Gasteiger partial charge in [0.25, 0.3) is 5.91 Å². The second-order valence-electron chi connectivity index (χ2n) is 3.22. The molecule has 1 aliphatic heterocycles. The van der Waals surface area contributed by atoms with Gasteiger partial charge in [-0.2, -0.15) is 0 Å². The van der Waals surface area contributed by atoms with E-state index in [0.29, 0.717) is 5.69 Å². The number of benzene rings is 1. The minimum Gasteiger partial charge on any atom is -0.353 e. The zero-order valence-electron chi connectivity index (χ0n) is 8.44. The Bertz CT molecular complexity index is 432. The van der Waals surface area contributed by atoms with Gasteiger partial charge in [0, 0.05) is 11.6 Å². The number of carbonyl (C=O) groups is 2. The van der Waals surface area contributed by atoms with E-state index in [2.05, 4.69) is 21.2 Å². The summed E-state index contributed by atoms with van der Waals surface area (Å²) >= 11 is 3.28. The molecule has 0 spiro atoms. The molecule has 1 aliphatic rings. The van der Waals surface area contributed by atoms with Crippen LogP contribution in [0.4, 0.5) is 10.5 Å². The Morgan fingerprint density at radius 1 is 1.31 bits per heavy atom. The highest BCUT2D eigenvalue weighted by molar-refractivity contribution is 9.10. The van der Waals surface area contributed by atoms with Gasteiger partial charge in [0.2, 0.25) is 6.23 Å². The number of rotatable bonds is 2. The van der Waals surface area contributed by atoms with Gasteiger partial charge >= 0.3 is 6.03 Å². The smallest absolute Gasteiger partial charge is 0.331 e. The molecule has 1 fully saturated rings. The monoisotopic (exact) mass is 284 g/mol. The fourth-order valence-electron chi connectivity index (χ4n) is 1.45. The Kier molecular flexibility index (Phi) is 2.93. The van der Waals surface area contributed by atoms with Gasteiger partial charge < -0.3 is 10.1 Å². The van der Waals surface area contributed by atoms with Crippen LogP contribution in [0.1, 0.15) is 0 Å². The van der Waals surface area contributed by atoms with E-state index in [0.717, 1.165) is 9.37 Å². The van der Waals surface area contributed by atoms with Crippen LogP contribution in [-0.2, 0) is 9.53 Å². The summed E-state index contributed by atoms with van der Waals surface area (Å²) in [5.41, 5.74) is 0.519. The Morgan fingerprint density at radius 3 is 2.44 bits per heavy atom. The summed E-state index contributed by atoms with van der Waals surface area (Å²) in [7, 11) is 1.37. The number of halogens is 1. The lowest BCUT2D eigenvalue weighted by Crippen LogP contribution is -2.32. The number of hydrogen-bond donors (Lipinski definition) is 1. The first-order chi connectivity index (χ1) is 7.63. The SMILES string of the molecule is COC1NC(=O)N(c2ccc(Br)cc2)C1=O. The van der Waals surface area contributed by atoms with Gasteiger partial charge in [-0.25, -0.2) is 9.69 Å². The molecular formula is C10H9BrN2O3. The van der Waals surface area contributed by atoms with Gasteiger partial charge in [0.05, 0.1) is 5.69 Å². The molecule has 0 saturated carbocycles. The number of amides is 3. The second kappa shape index (κ2) is 4.23. The molecule has 3 amide bonds. The fourth-order valence-corrected chi connectivity index (χ4v) is 1.71. The molecule has 1 atom stereocenters. The maximum absolute atomic E-state index is 11.7. The predicted octanol–water partition coefficient (Wildman–Crippen LogP) is 1.48. The highest BCUT2D eigenvalue weighted by Gasteiger charge is 2.39. The number of methoxy groups -OCH3 is 1. The summed E-state index contributed by atoms with van der Waals surface area (Å²) in [5.74, 6) is -0.408. The average Bonchev–Trinajstić information content (AvgIpc) is 2.56. The van der Waals surface area contributed by atoms with Crippen molar-refractivity contribution >= 4 is 33.6 Å². The first-order valence-corrected chi connectivity index (χ1v) is 5.35. The van der Waals surface area contributed by atoms with E-state index in [1.165, 1.54) is 7.11 Å². The molecule has 0 radical (unpaired) electrons. The molecule has 1 N–H and O–H groups in total. The van der Waals surface area contributed by atoms with Gasteiger partial charge in [0.1, 0.15) is 0 Å². The molecule has 5 nitrogen and oxygen atoms in total. The molecular weight excluding hydrogens is 276 g/mol. The van der Waals surface area contributed by atoms with Crippen LogP contribution in [0.25, 0.3) is 0 Å². The standard InChI is InChI=1S/C10H9BrN2O3/c1-16-8-9(14)13(10(15)12-8)7-4-2-6(11)3-5-7/h2-5,8H,1H3,(H,12,15). The lowest BCUT2D eigenvalue weighted by molar-refractivity contribution is -0.126. The van der Waals surface area contributed by atoms with Crippen LogP contribution in [-0.4, -0.2) is 25.3 Å². The van der Waals surface area contributed by atoms with Gasteiger partial charge in [-0.3, -0.25) is 4.79 Å². The first-order valence-electron chi connectivity index (χ1n) is 4.56. The number of carbonyl (C=O) groups excluding carboxylic acids is 2. The summed E-state index contributed by atoms with van der Waals surface area (Å²) in [6.45, 7) is 0. The van der Waals surface area contributed by atoms with Gasteiger partial charge in [-0.1, -0.05) is 15.9 Å². The summed E-state index contributed by atoms with van der Waals surface area (Å²) in [6, 6.07) is 6.41. The quantitative estimate of drug-likeness (QED) is 0.837. The number of nitrogens with zero attached hydrogens (tertiary/aromatic N) is 1. The van der Waals surface area contributed by atoms with Crippen molar-refractivity contribution in [3.05, 3.63) is 28.7 Å². The molecule has 0 aliphatic carbocycles. The van der Waals surface area contributed by atoms with Gasteiger partial charge in [-0.05, 0) is 24.3 Å².